The SMILES string of the molecule is O=S(=O)(c1cc(C(F)(F)F)ccc1O)N1CCCC1CO. The molecule has 0 spiro atoms. The Morgan fingerprint density at radius 3 is 2.57 bits per heavy atom. The summed E-state index contributed by atoms with van der Waals surface area (Å²) in [4.78, 5) is -0.794. The van der Waals surface area contributed by atoms with Crippen LogP contribution in [0.2, 0.25) is 0 Å². The van der Waals surface area contributed by atoms with Crippen molar-refractivity contribution in [1.29, 1.82) is 0 Å². The number of halogens is 3. The average Bonchev–Trinajstić information content (AvgIpc) is 2.86. The van der Waals surface area contributed by atoms with Crippen molar-refractivity contribution in [3.63, 3.8) is 0 Å². The number of sulfonamides is 1. The molecule has 1 unspecified atom stereocenters. The molecule has 0 aliphatic carbocycles. The first kappa shape index (κ1) is 16.1. The maximum Gasteiger partial charge on any atom is 0.416 e. The molecule has 1 aromatic carbocycles. The van der Waals surface area contributed by atoms with E-state index in [1.165, 1.54) is 0 Å². The summed E-state index contributed by atoms with van der Waals surface area (Å²) in [5.41, 5.74) is -1.15. The van der Waals surface area contributed by atoms with E-state index in [1.807, 2.05) is 0 Å². The van der Waals surface area contributed by atoms with E-state index < -0.39 is 45.1 Å². The van der Waals surface area contributed by atoms with Gasteiger partial charge in [0, 0.05) is 12.6 Å². The molecule has 2 N–H and O–H groups in total. The van der Waals surface area contributed by atoms with Crippen molar-refractivity contribution in [2.24, 2.45) is 0 Å². The molecule has 118 valence electrons. The highest BCUT2D eigenvalue weighted by atomic mass is 32.2. The van der Waals surface area contributed by atoms with E-state index in [-0.39, 0.29) is 6.54 Å². The van der Waals surface area contributed by atoms with Crippen LogP contribution in [0.3, 0.4) is 0 Å². The summed E-state index contributed by atoms with van der Waals surface area (Å²) in [7, 11) is -4.29. The van der Waals surface area contributed by atoms with Gasteiger partial charge in [-0.15, -0.1) is 0 Å². The van der Waals surface area contributed by atoms with Gasteiger partial charge in [0.05, 0.1) is 12.2 Å². The van der Waals surface area contributed by atoms with E-state index in [0.29, 0.717) is 31.0 Å². The zero-order valence-corrected chi connectivity index (χ0v) is 11.7. The van der Waals surface area contributed by atoms with Crippen LogP contribution in [0.4, 0.5) is 13.2 Å². The van der Waals surface area contributed by atoms with Gasteiger partial charge in [0.1, 0.15) is 10.6 Å². The van der Waals surface area contributed by atoms with E-state index in [2.05, 4.69) is 0 Å². The van der Waals surface area contributed by atoms with Crippen LogP contribution in [0.15, 0.2) is 23.1 Å². The first-order chi connectivity index (χ1) is 9.67. The molecule has 1 saturated heterocycles. The Labute approximate surface area is 119 Å². The van der Waals surface area contributed by atoms with Crippen LogP contribution in [0, 0.1) is 0 Å². The standard InChI is InChI=1S/C12H14F3NO4S/c13-12(14,15)8-3-4-10(18)11(6-8)21(19,20)16-5-1-2-9(16)7-17/h3-4,6,9,17-18H,1-2,5,7H2. The molecule has 21 heavy (non-hydrogen) atoms. The van der Waals surface area contributed by atoms with Gasteiger partial charge >= 0.3 is 6.18 Å². The Kier molecular flexibility index (Phi) is 4.18. The lowest BCUT2D eigenvalue weighted by atomic mass is 10.2. The summed E-state index contributed by atoms with van der Waals surface area (Å²) in [5.74, 6) is -0.744. The largest absolute Gasteiger partial charge is 0.507 e. The predicted octanol–water partition coefficient (Wildman–Crippen LogP) is 1.56. The molecule has 1 aliphatic heterocycles. The third kappa shape index (κ3) is 2.99. The monoisotopic (exact) mass is 325 g/mol. The smallest absolute Gasteiger partial charge is 0.416 e. The number of nitrogens with zero attached hydrogens (tertiary/aromatic N) is 1. The minimum Gasteiger partial charge on any atom is -0.507 e. The highest BCUT2D eigenvalue weighted by molar-refractivity contribution is 7.89. The number of phenolic OH excluding ortho intramolecular Hbond substituents is 1. The van der Waals surface area contributed by atoms with Gasteiger partial charge in [-0.2, -0.15) is 17.5 Å². The highest BCUT2D eigenvalue weighted by Crippen LogP contribution is 2.36. The predicted molar refractivity (Wildman–Crippen MR) is 67.1 cm³/mol. The summed E-state index contributed by atoms with van der Waals surface area (Å²) in [6, 6.07) is 1.06. The number of benzene rings is 1. The van der Waals surface area contributed by atoms with Crippen LogP contribution < -0.4 is 0 Å². The third-order valence-electron chi connectivity index (χ3n) is 3.41. The molecule has 1 atom stereocenters. The van der Waals surface area contributed by atoms with Crippen molar-refractivity contribution in [2.45, 2.75) is 30.0 Å². The fourth-order valence-electron chi connectivity index (χ4n) is 2.33. The van der Waals surface area contributed by atoms with Crippen LogP contribution in [0.5, 0.6) is 5.75 Å². The third-order valence-corrected chi connectivity index (χ3v) is 5.39. The number of aromatic hydroxyl groups is 1. The zero-order valence-electron chi connectivity index (χ0n) is 10.8. The molecule has 1 fully saturated rings. The van der Waals surface area contributed by atoms with Crippen LogP contribution in [0.25, 0.3) is 0 Å². The van der Waals surface area contributed by atoms with Crippen LogP contribution in [-0.4, -0.2) is 42.1 Å². The van der Waals surface area contributed by atoms with Crippen molar-refractivity contribution in [2.75, 3.05) is 13.2 Å². The summed E-state index contributed by atoms with van der Waals surface area (Å²) in [6.07, 6.45) is -3.78. The second-order valence-corrected chi connectivity index (χ2v) is 6.63. The van der Waals surface area contributed by atoms with E-state index >= 15 is 0 Å². The number of alkyl halides is 3. The first-order valence-electron chi connectivity index (χ1n) is 6.21. The molecular weight excluding hydrogens is 311 g/mol. The van der Waals surface area contributed by atoms with Gasteiger partial charge in [-0.25, -0.2) is 8.42 Å². The topological polar surface area (TPSA) is 77.8 Å². The normalized spacial score (nSPS) is 20.9. The average molecular weight is 325 g/mol. The van der Waals surface area contributed by atoms with Gasteiger partial charge in [0.15, 0.2) is 0 Å². The second kappa shape index (κ2) is 5.47. The van der Waals surface area contributed by atoms with Crippen molar-refractivity contribution in [3.8, 4) is 5.75 Å². The zero-order chi connectivity index (χ0) is 15.8. The summed E-state index contributed by atoms with van der Waals surface area (Å²) < 4.78 is 63.7. The maximum atomic E-state index is 12.7. The Hall–Kier alpha value is -1.32. The number of phenols is 1. The molecule has 1 aliphatic rings. The molecule has 2 rings (SSSR count). The van der Waals surface area contributed by atoms with Crippen LogP contribution in [0.1, 0.15) is 18.4 Å². The number of hydrogen-bond donors (Lipinski definition) is 2. The van der Waals surface area contributed by atoms with Crippen molar-refractivity contribution in [1.82, 2.24) is 4.31 Å². The van der Waals surface area contributed by atoms with Gasteiger partial charge in [-0.05, 0) is 31.0 Å². The first-order valence-corrected chi connectivity index (χ1v) is 7.65. The summed E-state index contributed by atoms with van der Waals surface area (Å²) in [6.45, 7) is -0.317. The Balaban J connectivity index is 2.49. The molecular formula is C12H14F3NO4S. The summed E-state index contributed by atoms with van der Waals surface area (Å²) >= 11 is 0. The van der Waals surface area contributed by atoms with Gasteiger partial charge in [0.2, 0.25) is 10.0 Å². The summed E-state index contributed by atoms with van der Waals surface area (Å²) in [5, 5.41) is 18.8. The molecule has 0 aromatic heterocycles. The lowest BCUT2D eigenvalue weighted by Gasteiger charge is -2.23. The van der Waals surface area contributed by atoms with Gasteiger partial charge in [-0.1, -0.05) is 0 Å². The lowest BCUT2D eigenvalue weighted by molar-refractivity contribution is -0.137. The number of aliphatic hydroxyl groups excluding tert-OH is 1. The van der Waals surface area contributed by atoms with E-state index in [1.54, 1.807) is 0 Å². The van der Waals surface area contributed by atoms with Crippen molar-refractivity contribution < 1.29 is 31.8 Å². The van der Waals surface area contributed by atoms with Crippen LogP contribution >= 0.6 is 0 Å². The molecule has 5 nitrogen and oxygen atoms in total. The minimum atomic E-state index is -4.71. The second-order valence-electron chi connectivity index (χ2n) is 4.77. The molecule has 0 radical (unpaired) electrons. The highest BCUT2D eigenvalue weighted by Gasteiger charge is 2.38. The number of rotatable bonds is 3. The van der Waals surface area contributed by atoms with Gasteiger partial charge in [-0.3, -0.25) is 0 Å². The fourth-order valence-corrected chi connectivity index (χ4v) is 4.13. The van der Waals surface area contributed by atoms with Gasteiger partial charge < -0.3 is 10.2 Å². The Morgan fingerprint density at radius 2 is 2.00 bits per heavy atom. The molecule has 0 saturated carbocycles. The number of aliphatic hydroxyl groups is 1. The quantitative estimate of drug-likeness (QED) is 0.884. The molecule has 1 aromatic rings. The Bertz CT molecular complexity index is 630. The molecule has 0 bridgehead atoms. The van der Waals surface area contributed by atoms with Crippen molar-refractivity contribution in [3.05, 3.63) is 23.8 Å². The van der Waals surface area contributed by atoms with E-state index in [9.17, 15) is 26.7 Å². The van der Waals surface area contributed by atoms with Crippen molar-refractivity contribution >= 4 is 10.0 Å². The maximum absolute atomic E-state index is 12.7. The molecule has 1 heterocycles. The minimum absolute atomic E-state index is 0.100. The lowest BCUT2D eigenvalue weighted by Crippen LogP contribution is -2.37. The number of hydrogen-bond acceptors (Lipinski definition) is 4. The Morgan fingerprint density at radius 1 is 1.33 bits per heavy atom. The fraction of sp³-hybridized carbons (Fsp3) is 0.500. The van der Waals surface area contributed by atoms with E-state index in [4.69, 9.17) is 5.11 Å². The molecule has 0 amide bonds. The van der Waals surface area contributed by atoms with Gasteiger partial charge in [0.25, 0.3) is 0 Å². The van der Waals surface area contributed by atoms with Crippen LogP contribution in [-0.2, 0) is 16.2 Å². The van der Waals surface area contributed by atoms with E-state index in [0.717, 1.165) is 4.31 Å². The molecule has 9 heteroatoms.